The van der Waals surface area contributed by atoms with Crippen LogP contribution in [0.2, 0.25) is 0 Å². The molecule has 1 aromatic heterocycles. The van der Waals surface area contributed by atoms with Gasteiger partial charge >= 0.3 is 0 Å². The fourth-order valence-corrected chi connectivity index (χ4v) is 2.25. The molecule has 0 fully saturated rings. The number of hydrogen-bond donors (Lipinski definition) is 1. The summed E-state index contributed by atoms with van der Waals surface area (Å²) in [6, 6.07) is 10.1. The van der Waals surface area contributed by atoms with Gasteiger partial charge in [-0.05, 0) is 37.3 Å². The quantitative estimate of drug-likeness (QED) is 0.922. The summed E-state index contributed by atoms with van der Waals surface area (Å²) in [6.07, 6.45) is 4.41. The Balaban J connectivity index is 2.10. The molecule has 0 saturated heterocycles. The highest BCUT2D eigenvalue weighted by Gasteiger charge is 2.10. The van der Waals surface area contributed by atoms with Gasteiger partial charge in [-0.3, -0.25) is 4.72 Å². The van der Waals surface area contributed by atoms with Crippen molar-refractivity contribution in [2.45, 2.75) is 11.8 Å². The fourth-order valence-electron chi connectivity index (χ4n) is 1.38. The summed E-state index contributed by atoms with van der Waals surface area (Å²) in [4.78, 5) is 0.234. The molecular weight excluding hydrogens is 250 g/mol. The fraction of sp³-hybridized carbons (Fsp3) is 0.0769. The lowest BCUT2D eigenvalue weighted by atomic mass is 10.2. The number of nitrogens with one attached hydrogen (secondary N) is 1. The maximum atomic E-state index is 11.9. The summed E-state index contributed by atoms with van der Waals surface area (Å²) < 4.78 is 31.2. The minimum atomic E-state index is -3.51. The summed E-state index contributed by atoms with van der Waals surface area (Å²) in [7, 11) is -3.51. The highest BCUT2D eigenvalue weighted by atomic mass is 32.2. The number of hydrogen-bond acceptors (Lipinski definition) is 3. The van der Waals surface area contributed by atoms with Crippen LogP contribution < -0.4 is 4.72 Å². The first kappa shape index (κ1) is 12.4. The molecule has 2 aromatic rings. The van der Waals surface area contributed by atoms with Crippen molar-refractivity contribution in [1.29, 1.82) is 0 Å². The summed E-state index contributed by atoms with van der Waals surface area (Å²) in [5.74, 6) is 0.585. The predicted molar refractivity (Wildman–Crippen MR) is 69.2 cm³/mol. The van der Waals surface area contributed by atoms with Crippen LogP contribution in [0.1, 0.15) is 11.3 Å². The average molecular weight is 263 g/mol. The van der Waals surface area contributed by atoms with E-state index in [4.69, 9.17) is 4.42 Å². The van der Waals surface area contributed by atoms with E-state index in [0.29, 0.717) is 5.76 Å². The topological polar surface area (TPSA) is 59.3 Å². The van der Waals surface area contributed by atoms with E-state index < -0.39 is 10.0 Å². The largest absolute Gasteiger partial charge is 0.465 e. The van der Waals surface area contributed by atoms with Crippen molar-refractivity contribution in [2.24, 2.45) is 0 Å². The van der Waals surface area contributed by atoms with Crippen molar-refractivity contribution in [3.8, 4) is 0 Å². The van der Waals surface area contributed by atoms with Gasteiger partial charge in [-0.25, -0.2) is 8.42 Å². The third kappa shape index (κ3) is 3.01. The Morgan fingerprint density at radius 1 is 1.17 bits per heavy atom. The normalized spacial score (nSPS) is 11.8. The monoisotopic (exact) mass is 263 g/mol. The third-order valence-electron chi connectivity index (χ3n) is 2.35. The molecule has 0 unspecified atom stereocenters. The zero-order valence-electron chi connectivity index (χ0n) is 9.83. The van der Waals surface area contributed by atoms with Gasteiger partial charge in [0.1, 0.15) is 5.76 Å². The summed E-state index contributed by atoms with van der Waals surface area (Å²) >= 11 is 0. The van der Waals surface area contributed by atoms with Gasteiger partial charge in [-0.15, -0.1) is 0 Å². The minimum absolute atomic E-state index is 0.234. The van der Waals surface area contributed by atoms with Crippen LogP contribution in [0.25, 0.3) is 6.08 Å². The molecule has 0 aliphatic heterocycles. The molecule has 0 atom stereocenters. The maximum Gasteiger partial charge on any atom is 0.261 e. The maximum absolute atomic E-state index is 11.9. The molecule has 94 valence electrons. The van der Waals surface area contributed by atoms with Crippen LogP contribution in [0.15, 0.2) is 58.2 Å². The number of benzene rings is 1. The number of rotatable bonds is 4. The van der Waals surface area contributed by atoms with Crippen LogP contribution in [-0.2, 0) is 10.0 Å². The van der Waals surface area contributed by atoms with E-state index in [2.05, 4.69) is 4.72 Å². The third-order valence-corrected chi connectivity index (χ3v) is 3.68. The van der Waals surface area contributed by atoms with E-state index >= 15 is 0 Å². The van der Waals surface area contributed by atoms with Crippen LogP contribution in [0.3, 0.4) is 0 Å². The van der Waals surface area contributed by atoms with Crippen molar-refractivity contribution >= 4 is 16.1 Å². The van der Waals surface area contributed by atoms with E-state index in [-0.39, 0.29) is 4.90 Å². The molecule has 1 aromatic carbocycles. The van der Waals surface area contributed by atoms with E-state index in [1.165, 1.54) is 12.5 Å². The second kappa shape index (κ2) is 5.10. The van der Waals surface area contributed by atoms with Gasteiger partial charge in [0.15, 0.2) is 0 Å². The van der Waals surface area contributed by atoms with E-state index in [1.54, 1.807) is 42.5 Å². The standard InChI is InChI=1S/C13H13NO3S/c1-11-4-6-13(7-5-11)18(15,16)14-9-8-12-3-2-10-17-12/h2-10,14H,1H3/b9-8+. The Hall–Kier alpha value is -2.01. The second-order valence-electron chi connectivity index (χ2n) is 3.78. The van der Waals surface area contributed by atoms with Gasteiger partial charge in [0.05, 0.1) is 11.2 Å². The molecule has 0 aliphatic rings. The van der Waals surface area contributed by atoms with Gasteiger partial charge in [-0.1, -0.05) is 17.7 Å². The summed E-state index contributed by atoms with van der Waals surface area (Å²) in [6.45, 7) is 1.90. The first-order valence-corrected chi connectivity index (χ1v) is 6.85. The molecular formula is C13H13NO3S. The Morgan fingerprint density at radius 3 is 2.50 bits per heavy atom. The molecule has 0 spiro atoms. The highest BCUT2D eigenvalue weighted by molar-refractivity contribution is 7.89. The predicted octanol–water partition coefficient (Wildman–Crippen LogP) is 2.54. The molecule has 0 bridgehead atoms. The SMILES string of the molecule is Cc1ccc(S(=O)(=O)N/C=C/c2ccco2)cc1. The highest BCUT2D eigenvalue weighted by Crippen LogP contribution is 2.10. The molecule has 5 heteroatoms. The molecule has 0 saturated carbocycles. The summed E-state index contributed by atoms with van der Waals surface area (Å²) in [5.41, 5.74) is 1.01. The van der Waals surface area contributed by atoms with Crippen molar-refractivity contribution in [3.05, 3.63) is 60.2 Å². The molecule has 18 heavy (non-hydrogen) atoms. The first-order chi connectivity index (χ1) is 8.58. The van der Waals surface area contributed by atoms with Crippen LogP contribution in [0, 0.1) is 6.92 Å². The molecule has 4 nitrogen and oxygen atoms in total. The van der Waals surface area contributed by atoms with Crippen LogP contribution in [-0.4, -0.2) is 8.42 Å². The van der Waals surface area contributed by atoms with Crippen molar-refractivity contribution in [1.82, 2.24) is 4.72 Å². The lowest BCUT2D eigenvalue weighted by molar-refractivity contribution is 0.556. The van der Waals surface area contributed by atoms with Gasteiger partial charge in [0.2, 0.25) is 0 Å². The lowest BCUT2D eigenvalue weighted by Gasteiger charge is -2.03. The second-order valence-corrected chi connectivity index (χ2v) is 5.50. The Labute approximate surface area is 106 Å². The molecule has 0 radical (unpaired) electrons. The Morgan fingerprint density at radius 2 is 1.89 bits per heavy atom. The van der Waals surface area contributed by atoms with Crippen molar-refractivity contribution in [3.63, 3.8) is 0 Å². The number of sulfonamides is 1. The molecule has 1 N–H and O–H groups in total. The van der Waals surface area contributed by atoms with Crippen molar-refractivity contribution in [2.75, 3.05) is 0 Å². The van der Waals surface area contributed by atoms with Crippen LogP contribution in [0.4, 0.5) is 0 Å². The van der Waals surface area contributed by atoms with E-state index in [9.17, 15) is 8.42 Å². The first-order valence-electron chi connectivity index (χ1n) is 5.37. The van der Waals surface area contributed by atoms with Crippen molar-refractivity contribution < 1.29 is 12.8 Å². The van der Waals surface area contributed by atoms with Gasteiger partial charge in [0, 0.05) is 6.20 Å². The molecule has 0 aliphatic carbocycles. The Bertz CT molecular complexity index is 625. The number of furan rings is 1. The Kier molecular flexibility index (Phi) is 3.53. The van der Waals surface area contributed by atoms with Gasteiger partial charge in [0.25, 0.3) is 10.0 Å². The van der Waals surface area contributed by atoms with Crippen LogP contribution >= 0.6 is 0 Å². The summed E-state index contributed by atoms with van der Waals surface area (Å²) in [5, 5.41) is 0. The average Bonchev–Trinajstić information content (AvgIpc) is 2.82. The smallest absolute Gasteiger partial charge is 0.261 e. The molecule has 2 rings (SSSR count). The zero-order chi connectivity index (χ0) is 13.0. The van der Waals surface area contributed by atoms with Gasteiger partial charge < -0.3 is 4.42 Å². The van der Waals surface area contributed by atoms with E-state index in [1.807, 2.05) is 6.92 Å². The molecule has 1 heterocycles. The van der Waals surface area contributed by atoms with Crippen LogP contribution in [0.5, 0.6) is 0 Å². The number of aryl methyl sites for hydroxylation is 1. The van der Waals surface area contributed by atoms with Gasteiger partial charge in [-0.2, -0.15) is 0 Å². The minimum Gasteiger partial charge on any atom is -0.465 e. The lowest BCUT2D eigenvalue weighted by Crippen LogP contribution is -2.17. The van der Waals surface area contributed by atoms with E-state index in [0.717, 1.165) is 5.56 Å². The molecule has 0 amide bonds. The zero-order valence-corrected chi connectivity index (χ0v) is 10.6.